The second-order valence-electron chi connectivity index (χ2n) is 6.44. The van der Waals surface area contributed by atoms with E-state index in [-0.39, 0.29) is 5.56 Å². The Morgan fingerprint density at radius 3 is 2.68 bits per heavy atom. The molecular weight excluding hydrogens is 380 g/mol. The number of hydrogen-bond acceptors (Lipinski definition) is 6. The molecule has 0 aliphatic rings. The van der Waals surface area contributed by atoms with Crippen molar-refractivity contribution in [3.05, 3.63) is 52.2 Å². The van der Waals surface area contributed by atoms with Crippen LogP contribution in [0, 0.1) is 5.92 Å². The predicted octanol–water partition coefficient (Wildman–Crippen LogP) is 3.01. The summed E-state index contributed by atoms with van der Waals surface area (Å²) < 4.78 is 10.5. The molecule has 1 aromatic carbocycles. The van der Waals surface area contributed by atoms with Gasteiger partial charge in [0.25, 0.3) is 5.91 Å². The van der Waals surface area contributed by atoms with Crippen molar-refractivity contribution in [2.75, 3.05) is 19.8 Å². The van der Waals surface area contributed by atoms with Gasteiger partial charge in [-0.2, -0.15) is 0 Å². The van der Waals surface area contributed by atoms with Gasteiger partial charge in [-0.3, -0.25) is 10.1 Å². The number of amides is 3. The molecule has 28 heavy (non-hydrogen) atoms. The lowest BCUT2D eigenvalue weighted by molar-refractivity contribution is -0.123. The van der Waals surface area contributed by atoms with Gasteiger partial charge < -0.3 is 14.8 Å². The number of esters is 1. The van der Waals surface area contributed by atoms with E-state index in [2.05, 4.69) is 10.6 Å². The van der Waals surface area contributed by atoms with Gasteiger partial charge in [-0.25, -0.2) is 9.59 Å². The Hall–Kier alpha value is -2.87. The van der Waals surface area contributed by atoms with Crippen molar-refractivity contribution >= 4 is 29.2 Å². The van der Waals surface area contributed by atoms with Gasteiger partial charge in [-0.1, -0.05) is 26.0 Å². The standard InChI is InChI=1S/C20H24N2O5S/c1-14(2)12-26-16-6-3-5-15(11-16)19(24)27-13-18(23)22-20(25)21-9-8-17-7-4-10-28-17/h3-7,10-11,14H,8-9,12-13H2,1-2H3,(H2,21,22,23,25). The zero-order valence-corrected chi connectivity index (χ0v) is 16.7. The van der Waals surface area contributed by atoms with Crippen molar-refractivity contribution in [3.8, 4) is 5.75 Å². The van der Waals surface area contributed by atoms with Crippen molar-refractivity contribution in [2.24, 2.45) is 5.92 Å². The highest BCUT2D eigenvalue weighted by Crippen LogP contribution is 2.15. The van der Waals surface area contributed by atoms with Crippen molar-refractivity contribution in [1.29, 1.82) is 0 Å². The lowest BCUT2D eigenvalue weighted by Gasteiger charge is -2.10. The van der Waals surface area contributed by atoms with Crippen LogP contribution < -0.4 is 15.4 Å². The van der Waals surface area contributed by atoms with Gasteiger partial charge in [-0.15, -0.1) is 11.3 Å². The first-order valence-electron chi connectivity index (χ1n) is 8.94. The summed E-state index contributed by atoms with van der Waals surface area (Å²) in [5.41, 5.74) is 0.273. The Bertz CT molecular complexity index is 790. The van der Waals surface area contributed by atoms with Gasteiger partial charge in [-0.05, 0) is 42.0 Å². The molecule has 150 valence electrons. The highest BCUT2D eigenvalue weighted by molar-refractivity contribution is 7.09. The summed E-state index contributed by atoms with van der Waals surface area (Å²) in [6.45, 7) is 4.43. The molecule has 0 saturated heterocycles. The number of urea groups is 1. The summed E-state index contributed by atoms with van der Waals surface area (Å²) in [4.78, 5) is 36.6. The molecule has 0 atom stereocenters. The molecule has 3 amide bonds. The molecule has 0 spiro atoms. The first kappa shape index (κ1) is 21.4. The summed E-state index contributed by atoms with van der Waals surface area (Å²) >= 11 is 1.60. The zero-order valence-electron chi connectivity index (χ0n) is 15.9. The molecule has 0 fully saturated rings. The minimum Gasteiger partial charge on any atom is -0.493 e. The van der Waals surface area contributed by atoms with E-state index < -0.39 is 24.5 Å². The van der Waals surface area contributed by atoms with Crippen LogP contribution in [0.4, 0.5) is 4.79 Å². The number of rotatable bonds is 9. The molecule has 0 aliphatic carbocycles. The maximum Gasteiger partial charge on any atom is 0.338 e. The van der Waals surface area contributed by atoms with Gasteiger partial charge in [0.2, 0.25) is 0 Å². The highest BCUT2D eigenvalue weighted by Gasteiger charge is 2.13. The maximum absolute atomic E-state index is 12.1. The molecular formula is C20H24N2O5S. The molecule has 0 radical (unpaired) electrons. The molecule has 2 rings (SSSR count). The quantitative estimate of drug-likeness (QED) is 0.627. The van der Waals surface area contributed by atoms with Crippen LogP contribution in [-0.4, -0.2) is 37.7 Å². The van der Waals surface area contributed by atoms with E-state index in [1.165, 1.54) is 0 Å². The van der Waals surface area contributed by atoms with Crippen molar-refractivity contribution in [3.63, 3.8) is 0 Å². The SMILES string of the molecule is CC(C)COc1cccc(C(=O)OCC(=O)NC(=O)NCCc2cccs2)c1. The number of thiophene rings is 1. The minimum atomic E-state index is -0.700. The number of carbonyl (C=O) groups is 3. The summed E-state index contributed by atoms with van der Waals surface area (Å²) in [5.74, 6) is -0.453. The Labute approximate surface area is 168 Å². The summed E-state index contributed by atoms with van der Waals surface area (Å²) in [7, 11) is 0. The van der Waals surface area contributed by atoms with E-state index in [1.807, 2.05) is 31.4 Å². The third-order valence-corrected chi connectivity index (χ3v) is 4.41. The number of nitrogens with one attached hydrogen (secondary N) is 2. The Kier molecular flexibility index (Phi) is 8.48. The first-order valence-corrected chi connectivity index (χ1v) is 9.82. The Balaban J connectivity index is 1.70. The van der Waals surface area contributed by atoms with Crippen molar-refractivity contribution in [1.82, 2.24) is 10.6 Å². The van der Waals surface area contributed by atoms with Gasteiger partial charge in [0.05, 0.1) is 12.2 Å². The van der Waals surface area contributed by atoms with Crippen LogP contribution in [0.3, 0.4) is 0 Å². The van der Waals surface area contributed by atoms with Crippen LogP contribution in [0.2, 0.25) is 0 Å². The van der Waals surface area contributed by atoms with Crippen LogP contribution in [0.1, 0.15) is 29.1 Å². The third-order valence-electron chi connectivity index (χ3n) is 3.48. The number of ether oxygens (including phenoxy) is 2. The van der Waals surface area contributed by atoms with E-state index in [0.717, 1.165) is 4.88 Å². The molecule has 1 aromatic heterocycles. The van der Waals surface area contributed by atoms with Gasteiger partial charge in [0, 0.05) is 11.4 Å². The molecule has 8 heteroatoms. The normalized spacial score (nSPS) is 10.4. The zero-order chi connectivity index (χ0) is 20.4. The third kappa shape index (κ3) is 7.79. The van der Waals surface area contributed by atoms with E-state index in [1.54, 1.807) is 35.6 Å². The van der Waals surface area contributed by atoms with Crippen LogP contribution in [0.5, 0.6) is 5.75 Å². The molecule has 2 aromatic rings. The molecule has 1 heterocycles. The Morgan fingerprint density at radius 2 is 1.96 bits per heavy atom. The molecule has 0 aliphatic heterocycles. The molecule has 7 nitrogen and oxygen atoms in total. The second kappa shape index (κ2) is 11.1. The van der Waals surface area contributed by atoms with Gasteiger partial charge in [0.15, 0.2) is 6.61 Å². The minimum absolute atomic E-state index is 0.273. The van der Waals surface area contributed by atoms with E-state index in [0.29, 0.717) is 31.2 Å². The van der Waals surface area contributed by atoms with E-state index in [4.69, 9.17) is 9.47 Å². The van der Waals surface area contributed by atoms with Crippen molar-refractivity contribution < 1.29 is 23.9 Å². The molecule has 0 bridgehead atoms. The summed E-state index contributed by atoms with van der Waals surface area (Å²) in [6, 6.07) is 9.82. The van der Waals surface area contributed by atoms with Crippen LogP contribution in [0.15, 0.2) is 41.8 Å². The topological polar surface area (TPSA) is 93.7 Å². The lowest BCUT2D eigenvalue weighted by Crippen LogP contribution is -2.42. The smallest absolute Gasteiger partial charge is 0.338 e. The summed E-state index contributed by atoms with van der Waals surface area (Å²) in [6.07, 6.45) is 0.684. The second-order valence-corrected chi connectivity index (χ2v) is 7.47. The lowest BCUT2D eigenvalue weighted by atomic mass is 10.2. The molecule has 2 N–H and O–H groups in total. The largest absolute Gasteiger partial charge is 0.493 e. The molecule has 0 unspecified atom stereocenters. The number of imide groups is 1. The van der Waals surface area contributed by atoms with Gasteiger partial charge >= 0.3 is 12.0 Å². The van der Waals surface area contributed by atoms with Crippen LogP contribution in [-0.2, 0) is 16.0 Å². The first-order chi connectivity index (χ1) is 13.4. The van der Waals surface area contributed by atoms with Gasteiger partial charge in [0.1, 0.15) is 5.75 Å². The fourth-order valence-electron chi connectivity index (χ4n) is 2.15. The summed E-state index contributed by atoms with van der Waals surface area (Å²) in [5, 5.41) is 6.66. The molecule has 0 saturated carbocycles. The number of benzene rings is 1. The highest BCUT2D eigenvalue weighted by atomic mass is 32.1. The Morgan fingerprint density at radius 1 is 1.14 bits per heavy atom. The average molecular weight is 404 g/mol. The average Bonchev–Trinajstić information content (AvgIpc) is 3.18. The van der Waals surface area contributed by atoms with Crippen molar-refractivity contribution in [2.45, 2.75) is 20.3 Å². The maximum atomic E-state index is 12.1. The number of hydrogen-bond donors (Lipinski definition) is 2. The van der Waals surface area contributed by atoms with E-state index >= 15 is 0 Å². The fraction of sp³-hybridized carbons (Fsp3) is 0.350. The van der Waals surface area contributed by atoms with E-state index in [9.17, 15) is 14.4 Å². The monoisotopic (exact) mass is 404 g/mol. The van der Waals surface area contributed by atoms with Crippen LogP contribution >= 0.6 is 11.3 Å². The van der Waals surface area contributed by atoms with Crippen LogP contribution in [0.25, 0.3) is 0 Å². The fourth-order valence-corrected chi connectivity index (χ4v) is 2.86. The number of carbonyl (C=O) groups excluding carboxylic acids is 3. The predicted molar refractivity (Wildman–Crippen MR) is 107 cm³/mol.